The first-order valence-corrected chi connectivity index (χ1v) is 4.59. The molecule has 0 radical (unpaired) electrons. The van der Waals surface area contributed by atoms with Gasteiger partial charge in [0.25, 0.3) is 0 Å². The second-order valence-corrected chi connectivity index (χ2v) is 3.41. The molecule has 0 spiro atoms. The average Bonchev–Trinajstić information content (AvgIpc) is 2.75. The van der Waals surface area contributed by atoms with Gasteiger partial charge < -0.3 is 14.6 Å². The molecular weight excluding hydrogens is 192 g/mol. The van der Waals surface area contributed by atoms with E-state index in [0.717, 1.165) is 0 Å². The molecule has 3 aromatic rings. The van der Waals surface area contributed by atoms with Crippen molar-refractivity contribution in [3.8, 4) is 11.5 Å². The molecule has 1 heterocycles. The van der Waals surface area contributed by atoms with Crippen molar-refractivity contribution in [1.82, 2.24) is 0 Å². The van der Waals surface area contributed by atoms with E-state index in [1.54, 1.807) is 24.3 Å². The summed E-state index contributed by atoms with van der Waals surface area (Å²) in [6, 6.07) is 8.75. The lowest BCUT2D eigenvalue weighted by Crippen LogP contribution is -1.77. The fraction of sp³-hybridized carbons (Fsp3) is 0. The summed E-state index contributed by atoms with van der Waals surface area (Å²) in [7, 11) is 0. The van der Waals surface area contributed by atoms with Gasteiger partial charge in [0.1, 0.15) is 5.75 Å². The molecule has 3 rings (SSSR count). The van der Waals surface area contributed by atoms with Crippen molar-refractivity contribution in [3.63, 3.8) is 0 Å². The van der Waals surface area contributed by atoms with E-state index in [-0.39, 0.29) is 11.5 Å². The largest absolute Gasteiger partial charge is 0.507 e. The third-order valence-corrected chi connectivity index (χ3v) is 2.57. The Kier molecular flexibility index (Phi) is 1.45. The van der Waals surface area contributed by atoms with Gasteiger partial charge in [-0.2, -0.15) is 0 Å². The molecule has 2 N–H and O–H groups in total. The Hall–Kier alpha value is -2.16. The minimum Gasteiger partial charge on any atom is -0.507 e. The Morgan fingerprint density at radius 1 is 0.800 bits per heavy atom. The Balaban J connectivity index is 2.69. The number of phenolic OH excluding ortho intramolecular Hbond substituents is 2. The lowest BCUT2D eigenvalue weighted by atomic mass is 10.1. The van der Waals surface area contributed by atoms with Crippen LogP contribution in [0.5, 0.6) is 11.5 Å². The van der Waals surface area contributed by atoms with E-state index in [9.17, 15) is 10.2 Å². The molecule has 0 saturated heterocycles. The third kappa shape index (κ3) is 0.944. The predicted octanol–water partition coefficient (Wildman–Crippen LogP) is 3.00. The summed E-state index contributed by atoms with van der Waals surface area (Å²) in [5, 5.41) is 21.6. The summed E-state index contributed by atoms with van der Waals surface area (Å²) in [5.41, 5.74) is 0.325. The van der Waals surface area contributed by atoms with E-state index in [1.165, 1.54) is 6.26 Å². The zero-order valence-corrected chi connectivity index (χ0v) is 7.77. The normalized spacial score (nSPS) is 11.2. The fourth-order valence-electron chi connectivity index (χ4n) is 1.84. The minimum absolute atomic E-state index is 0.0726. The van der Waals surface area contributed by atoms with Crippen molar-refractivity contribution >= 4 is 21.7 Å². The summed E-state index contributed by atoms with van der Waals surface area (Å²) in [6.07, 6.45) is 1.45. The second kappa shape index (κ2) is 2.67. The van der Waals surface area contributed by atoms with Crippen molar-refractivity contribution in [1.29, 1.82) is 0 Å². The van der Waals surface area contributed by atoms with Crippen LogP contribution in [0.25, 0.3) is 21.7 Å². The van der Waals surface area contributed by atoms with E-state index in [2.05, 4.69) is 0 Å². The number of benzene rings is 2. The molecule has 0 amide bonds. The topological polar surface area (TPSA) is 53.6 Å². The highest BCUT2D eigenvalue weighted by Gasteiger charge is 2.14. The molecule has 0 atom stereocenters. The highest BCUT2D eigenvalue weighted by Crippen LogP contribution is 2.41. The molecule has 1 aromatic heterocycles. The van der Waals surface area contributed by atoms with Crippen LogP contribution in [0.15, 0.2) is 41.0 Å². The van der Waals surface area contributed by atoms with Gasteiger partial charge in [-0.1, -0.05) is 24.3 Å². The summed E-state index contributed by atoms with van der Waals surface area (Å²) in [5.74, 6) is 0.218. The summed E-state index contributed by atoms with van der Waals surface area (Å²) in [4.78, 5) is 0. The van der Waals surface area contributed by atoms with E-state index in [1.807, 2.05) is 6.07 Å². The molecule has 0 bridgehead atoms. The van der Waals surface area contributed by atoms with Gasteiger partial charge in [-0.15, -0.1) is 0 Å². The second-order valence-electron chi connectivity index (χ2n) is 3.41. The Morgan fingerprint density at radius 2 is 1.47 bits per heavy atom. The van der Waals surface area contributed by atoms with Gasteiger partial charge in [0.2, 0.25) is 0 Å². The Bertz CT molecular complexity index is 597. The van der Waals surface area contributed by atoms with E-state index >= 15 is 0 Å². The van der Waals surface area contributed by atoms with E-state index in [4.69, 9.17) is 4.42 Å². The zero-order chi connectivity index (χ0) is 10.4. The number of hydrogen-bond acceptors (Lipinski definition) is 3. The average molecular weight is 200 g/mol. The molecule has 3 heteroatoms. The van der Waals surface area contributed by atoms with Gasteiger partial charge in [0.15, 0.2) is 11.3 Å². The molecule has 3 nitrogen and oxygen atoms in total. The maximum absolute atomic E-state index is 9.95. The molecule has 0 aliphatic carbocycles. The van der Waals surface area contributed by atoms with Crippen molar-refractivity contribution in [2.45, 2.75) is 0 Å². The first-order valence-electron chi connectivity index (χ1n) is 4.59. The number of rotatable bonds is 0. The van der Waals surface area contributed by atoms with E-state index < -0.39 is 0 Å². The number of hydrogen-bond donors (Lipinski definition) is 2. The van der Waals surface area contributed by atoms with Crippen LogP contribution in [0, 0.1) is 0 Å². The fourth-order valence-corrected chi connectivity index (χ4v) is 1.84. The van der Waals surface area contributed by atoms with Crippen molar-refractivity contribution < 1.29 is 14.6 Å². The lowest BCUT2D eigenvalue weighted by molar-refractivity contribution is 0.465. The van der Waals surface area contributed by atoms with Gasteiger partial charge in [-0.05, 0) is 6.07 Å². The molecule has 0 unspecified atom stereocenters. The highest BCUT2D eigenvalue weighted by atomic mass is 16.3. The van der Waals surface area contributed by atoms with Crippen LogP contribution < -0.4 is 0 Å². The maximum atomic E-state index is 9.95. The Morgan fingerprint density at radius 3 is 2.20 bits per heavy atom. The van der Waals surface area contributed by atoms with Crippen LogP contribution in [-0.2, 0) is 0 Å². The SMILES string of the molecule is Oc1c2ccccc2c(O)c2occc12. The first kappa shape index (κ1) is 8.17. The van der Waals surface area contributed by atoms with Gasteiger partial charge in [0, 0.05) is 10.8 Å². The third-order valence-electron chi connectivity index (χ3n) is 2.57. The summed E-state index contributed by atoms with van der Waals surface area (Å²) >= 11 is 0. The summed E-state index contributed by atoms with van der Waals surface area (Å²) < 4.78 is 5.13. The van der Waals surface area contributed by atoms with Gasteiger partial charge in [-0.3, -0.25) is 0 Å². The Labute approximate surface area is 85.2 Å². The standard InChI is InChI=1S/C12H8O3/c13-10-7-3-1-2-4-8(7)11(14)12-9(10)5-6-15-12/h1-6,13-14H. The molecule has 2 aromatic carbocycles. The molecule has 0 saturated carbocycles. The molecule has 74 valence electrons. The van der Waals surface area contributed by atoms with Crippen LogP contribution >= 0.6 is 0 Å². The monoisotopic (exact) mass is 200 g/mol. The van der Waals surface area contributed by atoms with Crippen molar-refractivity contribution in [3.05, 3.63) is 36.6 Å². The first-order chi connectivity index (χ1) is 7.29. The van der Waals surface area contributed by atoms with Crippen LogP contribution in [0.3, 0.4) is 0 Å². The van der Waals surface area contributed by atoms with Gasteiger partial charge in [0.05, 0.1) is 11.6 Å². The number of phenols is 2. The maximum Gasteiger partial charge on any atom is 0.179 e. The molecule has 0 aliphatic rings. The smallest absolute Gasteiger partial charge is 0.179 e. The number of furan rings is 1. The molecular formula is C12H8O3. The number of aromatic hydroxyl groups is 2. The van der Waals surface area contributed by atoms with Crippen LogP contribution in [-0.4, -0.2) is 10.2 Å². The van der Waals surface area contributed by atoms with Gasteiger partial charge >= 0.3 is 0 Å². The predicted molar refractivity (Wildman–Crippen MR) is 57.0 cm³/mol. The molecule has 15 heavy (non-hydrogen) atoms. The quantitative estimate of drug-likeness (QED) is 0.548. The van der Waals surface area contributed by atoms with Crippen LogP contribution in [0.1, 0.15) is 0 Å². The highest BCUT2D eigenvalue weighted by molar-refractivity contribution is 6.08. The van der Waals surface area contributed by atoms with E-state index in [0.29, 0.717) is 21.7 Å². The summed E-state index contributed by atoms with van der Waals surface area (Å²) in [6.45, 7) is 0. The van der Waals surface area contributed by atoms with Crippen LogP contribution in [0.4, 0.5) is 0 Å². The number of fused-ring (bicyclic) bond motifs is 2. The molecule has 0 aliphatic heterocycles. The van der Waals surface area contributed by atoms with Crippen molar-refractivity contribution in [2.24, 2.45) is 0 Å². The van der Waals surface area contributed by atoms with Crippen molar-refractivity contribution in [2.75, 3.05) is 0 Å². The van der Waals surface area contributed by atoms with Gasteiger partial charge in [-0.25, -0.2) is 0 Å². The lowest BCUT2D eigenvalue weighted by Gasteiger charge is -2.04. The molecule has 0 fully saturated rings. The van der Waals surface area contributed by atoms with Crippen LogP contribution in [0.2, 0.25) is 0 Å². The zero-order valence-electron chi connectivity index (χ0n) is 7.77. The minimum atomic E-state index is 0.0726.